The monoisotopic (exact) mass is 505 g/mol. The van der Waals surface area contributed by atoms with E-state index >= 15 is 0 Å². The Morgan fingerprint density at radius 2 is 1.59 bits per heavy atom. The van der Waals surface area contributed by atoms with Crippen molar-refractivity contribution in [2.45, 2.75) is 76.3 Å². The molecule has 3 aliphatic rings. The van der Waals surface area contributed by atoms with Crippen LogP contribution >= 0.6 is 0 Å². The average molecular weight is 506 g/mol. The molecule has 0 spiro atoms. The summed E-state index contributed by atoms with van der Waals surface area (Å²) in [6.45, 7) is 1.48. The highest BCUT2D eigenvalue weighted by atomic mass is 19.1. The summed E-state index contributed by atoms with van der Waals surface area (Å²) in [5, 5.41) is 3.08. The zero-order valence-corrected chi connectivity index (χ0v) is 21.7. The summed E-state index contributed by atoms with van der Waals surface area (Å²) in [6, 6.07) is 13.1. The number of rotatable bonds is 6. The van der Waals surface area contributed by atoms with E-state index in [1.807, 2.05) is 23.1 Å². The smallest absolute Gasteiger partial charge is 0.245 e. The zero-order chi connectivity index (χ0) is 25.8. The molecule has 2 aliphatic carbocycles. The molecule has 1 saturated heterocycles. The van der Waals surface area contributed by atoms with Crippen LogP contribution in [0.4, 0.5) is 4.39 Å². The lowest BCUT2D eigenvalue weighted by atomic mass is 9.76. The van der Waals surface area contributed by atoms with E-state index in [4.69, 9.17) is 5.73 Å². The van der Waals surface area contributed by atoms with Gasteiger partial charge in [0.2, 0.25) is 11.8 Å². The maximum atomic E-state index is 13.8. The summed E-state index contributed by atoms with van der Waals surface area (Å²) >= 11 is 0. The third-order valence-corrected chi connectivity index (χ3v) is 9.04. The molecule has 5 rings (SSSR count). The van der Waals surface area contributed by atoms with E-state index in [-0.39, 0.29) is 23.5 Å². The third-order valence-electron chi connectivity index (χ3n) is 9.04. The van der Waals surface area contributed by atoms with E-state index in [0.717, 1.165) is 49.4 Å². The first-order valence-corrected chi connectivity index (χ1v) is 14.2. The quantitative estimate of drug-likeness (QED) is 0.584. The van der Waals surface area contributed by atoms with Crippen molar-refractivity contribution in [1.29, 1.82) is 0 Å². The largest absolute Gasteiger partial charge is 0.344 e. The molecule has 0 bridgehead atoms. The minimum atomic E-state index is -0.687. The summed E-state index contributed by atoms with van der Waals surface area (Å²) in [4.78, 5) is 29.2. The Labute approximate surface area is 220 Å². The highest BCUT2D eigenvalue weighted by Gasteiger charge is 2.36. The molecule has 2 amide bonds. The molecule has 5 nitrogen and oxygen atoms in total. The fraction of sp³-hybridized carbons (Fsp3) is 0.548. The molecule has 2 aromatic carbocycles. The molecule has 2 fully saturated rings. The van der Waals surface area contributed by atoms with E-state index in [9.17, 15) is 14.0 Å². The molecule has 1 aliphatic heterocycles. The van der Waals surface area contributed by atoms with Crippen LogP contribution in [0.2, 0.25) is 0 Å². The van der Waals surface area contributed by atoms with E-state index in [1.165, 1.54) is 49.8 Å². The molecule has 2 aromatic rings. The predicted octanol–water partition coefficient (Wildman–Crippen LogP) is 4.93. The van der Waals surface area contributed by atoms with Crippen LogP contribution in [-0.4, -0.2) is 35.8 Å². The zero-order valence-electron chi connectivity index (χ0n) is 21.7. The summed E-state index contributed by atoms with van der Waals surface area (Å²) in [7, 11) is 0. The molecule has 3 N–H and O–H groups in total. The van der Waals surface area contributed by atoms with Crippen molar-refractivity contribution in [3.8, 4) is 0 Å². The van der Waals surface area contributed by atoms with Gasteiger partial charge < -0.3 is 16.0 Å². The van der Waals surface area contributed by atoms with Crippen LogP contribution in [0.15, 0.2) is 48.5 Å². The lowest BCUT2D eigenvalue weighted by Gasteiger charge is -2.39. The van der Waals surface area contributed by atoms with Gasteiger partial charge in [-0.2, -0.15) is 0 Å². The molecule has 37 heavy (non-hydrogen) atoms. The SMILES string of the molecule is NC1c2ccccc2CCC1C(=O)N[C@H](Cc1ccc(F)cc1)C(=O)N1CCC(C2CCCCC2)CC1. The molecule has 1 saturated carbocycles. The summed E-state index contributed by atoms with van der Waals surface area (Å²) in [5.41, 5.74) is 9.58. The first-order chi connectivity index (χ1) is 18.0. The number of benzene rings is 2. The molecule has 2 unspecified atom stereocenters. The van der Waals surface area contributed by atoms with E-state index in [0.29, 0.717) is 18.8 Å². The number of nitrogens with two attached hydrogens (primary N) is 1. The molecular formula is C31H40FN3O2. The summed E-state index contributed by atoms with van der Waals surface area (Å²) in [6.07, 6.45) is 10.6. The molecule has 0 aromatic heterocycles. The number of amides is 2. The van der Waals surface area contributed by atoms with Gasteiger partial charge in [-0.25, -0.2) is 4.39 Å². The van der Waals surface area contributed by atoms with E-state index in [2.05, 4.69) is 11.4 Å². The van der Waals surface area contributed by atoms with Crippen LogP contribution < -0.4 is 11.1 Å². The van der Waals surface area contributed by atoms with Gasteiger partial charge in [0, 0.05) is 25.6 Å². The van der Waals surface area contributed by atoms with Crippen LogP contribution in [0.3, 0.4) is 0 Å². The topological polar surface area (TPSA) is 75.4 Å². The normalized spacial score (nSPS) is 23.8. The Hall–Kier alpha value is -2.73. The van der Waals surface area contributed by atoms with Gasteiger partial charge in [0.1, 0.15) is 11.9 Å². The predicted molar refractivity (Wildman–Crippen MR) is 143 cm³/mol. The number of nitrogens with one attached hydrogen (secondary N) is 1. The minimum absolute atomic E-state index is 0.0375. The summed E-state index contributed by atoms with van der Waals surface area (Å²) < 4.78 is 13.5. The van der Waals surface area contributed by atoms with Gasteiger partial charge in [0.05, 0.1) is 5.92 Å². The van der Waals surface area contributed by atoms with E-state index in [1.54, 1.807) is 12.1 Å². The van der Waals surface area contributed by atoms with Gasteiger partial charge in [-0.05, 0) is 66.3 Å². The fourth-order valence-corrected chi connectivity index (χ4v) is 6.84. The van der Waals surface area contributed by atoms with Crippen LogP contribution in [0, 0.1) is 23.6 Å². The number of aryl methyl sites for hydroxylation is 1. The van der Waals surface area contributed by atoms with Gasteiger partial charge in [-0.15, -0.1) is 0 Å². The second-order valence-electron chi connectivity index (χ2n) is 11.3. The Kier molecular flexibility index (Phi) is 8.23. The van der Waals surface area contributed by atoms with Crippen molar-refractivity contribution in [1.82, 2.24) is 10.2 Å². The number of hydrogen-bond acceptors (Lipinski definition) is 3. The highest BCUT2D eigenvalue weighted by Crippen LogP contribution is 2.36. The number of halogens is 1. The van der Waals surface area contributed by atoms with Crippen LogP contribution in [0.25, 0.3) is 0 Å². The van der Waals surface area contributed by atoms with Crippen molar-refractivity contribution >= 4 is 11.8 Å². The van der Waals surface area contributed by atoms with Crippen LogP contribution in [0.5, 0.6) is 0 Å². The highest BCUT2D eigenvalue weighted by molar-refractivity contribution is 5.89. The third kappa shape index (κ3) is 6.06. The lowest BCUT2D eigenvalue weighted by molar-refractivity contribution is -0.139. The Balaban J connectivity index is 1.27. The lowest BCUT2D eigenvalue weighted by Crippen LogP contribution is -2.54. The average Bonchev–Trinajstić information content (AvgIpc) is 2.94. The van der Waals surface area contributed by atoms with Gasteiger partial charge in [-0.1, -0.05) is 68.5 Å². The molecular weight excluding hydrogens is 465 g/mol. The van der Waals surface area contributed by atoms with Crippen molar-refractivity contribution in [3.63, 3.8) is 0 Å². The number of likely N-dealkylation sites (tertiary alicyclic amines) is 1. The number of carbonyl (C=O) groups excluding carboxylic acids is 2. The maximum absolute atomic E-state index is 13.8. The Morgan fingerprint density at radius 3 is 2.32 bits per heavy atom. The van der Waals surface area contributed by atoms with Crippen molar-refractivity contribution in [2.24, 2.45) is 23.5 Å². The first-order valence-electron chi connectivity index (χ1n) is 14.2. The van der Waals surface area contributed by atoms with Crippen molar-refractivity contribution in [3.05, 3.63) is 71.0 Å². The fourth-order valence-electron chi connectivity index (χ4n) is 6.84. The van der Waals surface area contributed by atoms with Crippen molar-refractivity contribution in [2.75, 3.05) is 13.1 Å². The van der Waals surface area contributed by atoms with Gasteiger partial charge >= 0.3 is 0 Å². The Morgan fingerprint density at radius 1 is 0.919 bits per heavy atom. The second-order valence-corrected chi connectivity index (χ2v) is 11.3. The van der Waals surface area contributed by atoms with Crippen LogP contribution in [-0.2, 0) is 22.4 Å². The van der Waals surface area contributed by atoms with Crippen LogP contribution in [0.1, 0.15) is 74.1 Å². The van der Waals surface area contributed by atoms with Crippen molar-refractivity contribution < 1.29 is 14.0 Å². The minimum Gasteiger partial charge on any atom is -0.344 e. The maximum Gasteiger partial charge on any atom is 0.245 e. The number of hydrogen-bond donors (Lipinski definition) is 2. The molecule has 0 radical (unpaired) electrons. The van der Waals surface area contributed by atoms with E-state index < -0.39 is 12.1 Å². The number of fused-ring (bicyclic) bond motifs is 1. The number of nitrogens with zero attached hydrogens (tertiary/aromatic N) is 1. The molecule has 198 valence electrons. The Bertz CT molecular complexity index is 1070. The number of piperidine rings is 1. The molecule has 1 heterocycles. The number of carbonyl (C=O) groups is 2. The van der Waals surface area contributed by atoms with Gasteiger partial charge in [0.25, 0.3) is 0 Å². The molecule has 3 atom stereocenters. The summed E-state index contributed by atoms with van der Waals surface area (Å²) in [5.74, 6) is 0.609. The second kappa shape index (κ2) is 11.8. The van der Waals surface area contributed by atoms with Gasteiger partial charge in [0.15, 0.2) is 0 Å². The van der Waals surface area contributed by atoms with Gasteiger partial charge in [-0.3, -0.25) is 9.59 Å². The molecule has 6 heteroatoms. The first kappa shape index (κ1) is 25.9. The standard InChI is InChI=1S/C31H40FN3O2/c32-25-13-10-21(11-14-25)20-28(31(37)35-18-16-23(17-19-35)22-6-2-1-3-7-22)34-30(36)27-15-12-24-8-4-5-9-26(24)29(27)33/h4-5,8-11,13-14,22-23,27-29H,1-3,6-7,12,15-20,33H2,(H,34,36)/t27?,28-,29?/m1/s1.